The van der Waals surface area contributed by atoms with Crippen LogP contribution in [0.15, 0.2) is 30.3 Å². The number of unbranched alkanes of at least 4 members (excludes halogenated alkanes) is 9. The van der Waals surface area contributed by atoms with Gasteiger partial charge in [-0.05, 0) is 18.4 Å². The number of hydrogen-bond acceptors (Lipinski definition) is 3. The summed E-state index contributed by atoms with van der Waals surface area (Å²) in [5.41, 5.74) is 1.32. The van der Waals surface area contributed by atoms with E-state index in [-0.39, 0.29) is 5.75 Å². The van der Waals surface area contributed by atoms with Crippen molar-refractivity contribution in [2.75, 3.05) is 32.4 Å². The maximum Gasteiger partial charge on any atom is 0.0948 e. The molecule has 4 nitrogen and oxygen atoms in total. The van der Waals surface area contributed by atoms with Crippen LogP contribution in [-0.2, 0) is 16.5 Å². The van der Waals surface area contributed by atoms with Crippen LogP contribution in [0.3, 0.4) is 0 Å². The van der Waals surface area contributed by atoms with Crippen molar-refractivity contribution >= 4 is 10.1 Å². The molecule has 0 aliphatic heterocycles. The third-order valence-corrected chi connectivity index (χ3v) is 6.72. The molecule has 1 aromatic rings. The summed E-state index contributed by atoms with van der Waals surface area (Å²) in [5, 5.41) is 0. The minimum atomic E-state index is -4.12. The van der Waals surface area contributed by atoms with Crippen LogP contribution < -0.4 is 0 Å². The predicted molar refractivity (Wildman–Crippen MR) is 122 cm³/mol. The van der Waals surface area contributed by atoms with Crippen molar-refractivity contribution in [3.05, 3.63) is 35.9 Å². The molecule has 0 heterocycles. The fraction of sp³-hybridized carbons (Fsp3) is 0.750. The molecule has 0 saturated heterocycles. The van der Waals surface area contributed by atoms with Crippen molar-refractivity contribution in [3.8, 4) is 0 Å². The Balaban J connectivity index is 2.33. The topological polar surface area (TPSA) is 57.2 Å². The molecule has 0 aliphatic carbocycles. The van der Waals surface area contributed by atoms with Crippen LogP contribution in [0, 0.1) is 0 Å². The standard InChI is InChI=1S/C24H43NO3S/c1-3-4-5-6-7-8-9-10-11-15-20-25(2,21-16-23-29(26,27)28)22-19-24-17-13-12-14-18-24/h12-14,17-18H,3-11,15-16,19-23H2,1-2H3. The first-order chi connectivity index (χ1) is 13.8. The molecule has 0 amide bonds. The fourth-order valence-corrected chi connectivity index (χ4v) is 4.47. The minimum absolute atomic E-state index is 0.246. The lowest BCUT2D eigenvalue weighted by atomic mass is 10.1. The van der Waals surface area contributed by atoms with E-state index in [2.05, 4.69) is 38.2 Å². The van der Waals surface area contributed by atoms with E-state index in [9.17, 15) is 13.0 Å². The molecule has 1 rings (SSSR count). The van der Waals surface area contributed by atoms with Gasteiger partial charge in [0.05, 0.1) is 36.8 Å². The van der Waals surface area contributed by atoms with E-state index in [1.54, 1.807) is 0 Å². The van der Waals surface area contributed by atoms with Crippen LogP contribution in [-0.4, -0.2) is 49.9 Å². The van der Waals surface area contributed by atoms with Gasteiger partial charge < -0.3 is 9.04 Å². The predicted octanol–water partition coefficient (Wildman–Crippen LogP) is 5.53. The van der Waals surface area contributed by atoms with Crippen molar-refractivity contribution in [1.82, 2.24) is 0 Å². The summed E-state index contributed by atoms with van der Waals surface area (Å²) in [4.78, 5) is 0. The van der Waals surface area contributed by atoms with Crippen molar-refractivity contribution in [2.45, 2.75) is 84.0 Å². The van der Waals surface area contributed by atoms with E-state index in [1.165, 1.54) is 69.8 Å². The smallest absolute Gasteiger partial charge is 0.0948 e. The van der Waals surface area contributed by atoms with Crippen LogP contribution in [0.2, 0.25) is 0 Å². The third-order valence-electron chi connectivity index (χ3n) is 5.93. The van der Waals surface area contributed by atoms with Gasteiger partial charge in [0, 0.05) is 18.6 Å². The van der Waals surface area contributed by atoms with Crippen molar-refractivity contribution < 1.29 is 17.5 Å². The van der Waals surface area contributed by atoms with Gasteiger partial charge >= 0.3 is 0 Å². The molecule has 1 aromatic carbocycles. The van der Waals surface area contributed by atoms with E-state index in [0.717, 1.165) is 30.5 Å². The second-order valence-electron chi connectivity index (χ2n) is 8.82. The monoisotopic (exact) mass is 425 g/mol. The molecule has 168 valence electrons. The van der Waals surface area contributed by atoms with Crippen molar-refractivity contribution in [3.63, 3.8) is 0 Å². The molecule has 0 bridgehead atoms. The minimum Gasteiger partial charge on any atom is -0.748 e. The molecular formula is C24H43NO3S. The first-order valence-electron chi connectivity index (χ1n) is 11.7. The van der Waals surface area contributed by atoms with Gasteiger partial charge in [0.1, 0.15) is 0 Å². The number of likely N-dealkylation sites (N-methyl/N-ethyl adjacent to an activating group) is 1. The summed E-state index contributed by atoms with van der Waals surface area (Å²) in [5.74, 6) is -0.246. The van der Waals surface area contributed by atoms with Gasteiger partial charge in [-0.15, -0.1) is 0 Å². The van der Waals surface area contributed by atoms with Crippen LogP contribution >= 0.6 is 0 Å². The molecule has 0 aliphatic rings. The molecular weight excluding hydrogens is 382 g/mol. The molecule has 0 N–H and O–H groups in total. The summed E-state index contributed by atoms with van der Waals surface area (Å²) in [6, 6.07) is 10.4. The van der Waals surface area contributed by atoms with Crippen LogP contribution in [0.25, 0.3) is 0 Å². The Labute approximate surface area is 180 Å². The molecule has 0 aromatic heterocycles. The fourth-order valence-electron chi connectivity index (χ4n) is 3.98. The second kappa shape index (κ2) is 15.0. The van der Waals surface area contributed by atoms with E-state index in [4.69, 9.17) is 0 Å². The van der Waals surface area contributed by atoms with Gasteiger partial charge in [0.15, 0.2) is 0 Å². The number of rotatable bonds is 18. The quantitative estimate of drug-likeness (QED) is 0.176. The van der Waals surface area contributed by atoms with Crippen molar-refractivity contribution in [1.29, 1.82) is 0 Å². The molecule has 0 fully saturated rings. The summed E-state index contributed by atoms with van der Waals surface area (Å²) in [6.07, 6.45) is 14.6. The van der Waals surface area contributed by atoms with Gasteiger partial charge in [-0.25, -0.2) is 8.42 Å². The van der Waals surface area contributed by atoms with Crippen LogP contribution in [0.1, 0.15) is 83.1 Å². The molecule has 29 heavy (non-hydrogen) atoms. The first kappa shape index (κ1) is 26.1. The van der Waals surface area contributed by atoms with Gasteiger partial charge in [0.25, 0.3) is 0 Å². The molecule has 1 atom stereocenters. The summed E-state index contributed by atoms with van der Waals surface area (Å²) in [6.45, 7) is 5.06. The lowest BCUT2D eigenvalue weighted by Gasteiger charge is -2.35. The zero-order valence-electron chi connectivity index (χ0n) is 18.8. The van der Waals surface area contributed by atoms with E-state index < -0.39 is 10.1 Å². The molecule has 0 spiro atoms. The third kappa shape index (κ3) is 14.7. The zero-order chi connectivity index (χ0) is 21.4. The Bertz CT molecular complexity index is 618. The summed E-state index contributed by atoms with van der Waals surface area (Å²) in [7, 11) is -1.90. The average molecular weight is 426 g/mol. The highest BCUT2D eigenvalue weighted by Crippen LogP contribution is 2.14. The second-order valence-corrected chi connectivity index (χ2v) is 10.3. The Kier molecular flexibility index (Phi) is 13.5. The van der Waals surface area contributed by atoms with Gasteiger partial charge in [-0.2, -0.15) is 0 Å². The highest BCUT2D eigenvalue weighted by molar-refractivity contribution is 7.85. The highest BCUT2D eigenvalue weighted by atomic mass is 32.2. The molecule has 0 radical (unpaired) electrons. The Morgan fingerprint density at radius 1 is 0.759 bits per heavy atom. The Hall–Kier alpha value is -0.910. The first-order valence-corrected chi connectivity index (χ1v) is 13.2. The largest absolute Gasteiger partial charge is 0.748 e. The number of benzene rings is 1. The highest BCUT2D eigenvalue weighted by Gasteiger charge is 2.21. The normalized spacial score (nSPS) is 14.0. The SMILES string of the molecule is CCCCCCCCCCCC[N+](C)(CCCS(=O)(=O)[O-])CCc1ccccc1. The van der Waals surface area contributed by atoms with Crippen molar-refractivity contribution in [2.24, 2.45) is 0 Å². The van der Waals surface area contributed by atoms with Crippen LogP contribution in [0.4, 0.5) is 0 Å². The Morgan fingerprint density at radius 2 is 1.28 bits per heavy atom. The Morgan fingerprint density at radius 3 is 1.83 bits per heavy atom. The van der Waals surface area contributed by atoms with Gasteiger partial charge in [-0.3, -0.25) is 0 Å². The zero-order valence-corrected chi connectivity index (χ0v) is 19.6. The summed E-state index contributed by atoms with van der Waals surface area (Å²) >= 11 is 0. The van der Waals surface area contributed by atoms with Gasteiger partial charge in [0.2, 0.25) is 0 Å². The lowest BCUT2D eigenvalue weighted by Crippen LogP contribution is -2.47. The number of nitrogens with zero attached hydrogens (tertiary/aromatic N) is 1. The average Bonchev–Trinajstić information content (AvgIpc) is 2.68. The van der Waals surface area contributed by atoms with Gasteiger partial charge in [-0.1, -0.05) is 88.6 Å². The van der Waals surface area contributed by atoms with E-state index in [0.29, 0.717) is 6.42 Å². The van der Waals surface area contributed by atoms with E-state index in [1.807, 2.05) is 6.07 Å². The molecule has 0 saturated carbocycles. The summed E-state index contributed by atoms with van der Waals surface area (Å²) < 4.78 is 33.8. The number of hydrogen-bond donors (Lipinski definition) is 0. The lowest BCUT2D eigenvalue weighted by molar-refractivity contribution is -0.909. The maximum absolute atomic E-state index is 11.0. The maximum atomic E-state index is 11.0. The molecule has 1 unspecified atom stereocenters. The number of quaternary nitrogens is 1. The molecule has 5 heteroatoms. The van der Waals surface area contributed by atoms with E-state index >= 15 is 0 Å². The van der Waals surface area contributed by atoms with Crippen LogP contribution in [0.5, 0.6) is 0 Å².